The zero-order chi connectivity index (χ0) is 28.8. The molecule has 4 heterocycles. The van der Waals surface area contributed by atoms with Crippen molar-refractivity contribution in [3.8, 4) is 5.69 Å². The summed E-state index contributed by atoms with van der Waals surface area (Å²) in [6, 6.07) is 22.3. The smallest absolute Gasteiger partial charge is 0.174 e. The zero-order valence-electron chi connectivity index (χ0n) is 23.8. The van der Waals surface area contributed by atoms with Gasteiger partial charge in [0.25, 0.3) is 0 Å². The van der Waals surface area contributed by atoms with E-state index in [0.29, 0.717) is 22.0 Å². The summed E-state index contributed by atoms with van der Waals surface area (Å²) in [4.78, 5) is 9.35. The number of pyridine rings is 1. The fraction of sp³-hybridized carbons (Fsp3) is 0.333. The van der Waals surface area contributed by atoms with Crippen LogP contribution in [-0.4, -0.2) is 27.8 Å². The molecule has 4 atom stereocenters. The maximum absolute atomic E-state index is 7.03. The first kappa shape index (κ1) is 28.1. The minimum Gasteiger partial charge on any atom is -0.370 e. The molecule has 2 aromatic carbocycles. The molecule has 2 saturated heterocycles. The molecule has 8 heteroatoms. The van der Waals surface area contributed by atoms with Crippen molar-refractivity contribution in [3.05, 3.63) is 106 Å². The number of rotatable bonds is 5. The highest BCUT2D eigenvalue weighted by Gasteiger charge is 2.42. The monoisotopic (exact) mass is 603 g/mol. The van der Waals surface area contributed by atoms with Gasteiger partial charge in [0.1, 0.15) is 0 Å². The number of nitrogens with one attached hydrogen (secondary N) is 1. The van der Waals surface area contributed by atoms with Crippen molar-refractivity contribution in [1.29, 1.82) is 0 Å². The first-order chi connectivity index (χ1) is 19.7. The molecule has 0 spiro atoms. The summed E-state index contributed by atoms with van der Waals surface area (Å²) >= 11 is 19.7. The lowest BCUT2D eigenvalue weighted by Crippen LogP contribution is -2.38. The second-order valence-electron chi connectivity index (χ2n) is 11.6. The second kappa shape index (κ2) is 11.3. The molecule has 2 aliphatic heterocycles. The summed E-state index contributed by atoms with van der Waals surface area (Å²) < 4.78 is 2.22. The molecule has 2 aliphatic rings. The van der Waals surface area contributed by atoms with Gasteiger partial charge in [0, 0.05) is 36.4 Å². The Morgan fingerprint density at radius 2 is 1.61 bits per heavy atom. The number of benzene rings is 2. The van der Waals surface area contributed by atoms with Gasteiger partial charge in [0.05, 0.1) is 39.2 Å². The maximum atomic E-state index is 7.03. The molecule has 0 radical (unpaired) electrons. The van der Waals surface area contributed by atoms with E-state index in [2.05, 4.69) is 83.8 Å². The molecule has 2 fully saturated rings. The molecule has 0 bridgehead atoms. The molecule has 0 amide bonds. The van der Waals surface area contributed by atoms with Gasteiger partial charge < -0.3 is 19.7 Å². The number of thiocarbonyl (C=S) groups is 1. The molecule has 0 aliphatic carbocycles. The van der Waals surface area contributed by atoms with Gasteiger partial charge in [0.2, 0.25) is 0 Å². The number of nitrogens with zero attached hydrogens (tertiary/aromatic N) is 4. The first-order valence-electron chi connectivity index (χ1n) is 14.2. The SMILES string of the molecule is Cc1cc([C@@H]2[C@@H](c3ccccn3)NC(=S)N2c2ccc(N3C[C@H](C)C[C@H](C)C3)c(Cl)c2)c(C)n1-c1ccccc1Cl. The first-order valence-corrected chi connectivity index (χ1v) is 15.4. The van der Waals surface area contributed by atoms with E-state index in [-0.39, 0.29) is 12.1 Å². The van der Waals surface area contributed by atoms with E-state index in [0.717, 1.165) is 57.8 Å². The maximum Gasteiger partial charge on any atom is 0.174 e. The van der Waals surface area contributed by atoms with Crippen molar-refractivity contribution >= 4 is 51.9 Å². The largest absolute Gasteiger partial charge is 0.370 e. The lowest BCUT2D eigenvalue weighted by atomic mass is 9.91. The summed E-state index contributed by atoms with van der Waals surface area (Å²) in [5, 5.41) is 5.69. The van der Waals surface area contributed by atoms with E-state index in [1.165, 1.54) is 6.42 Å². The van der Waals surface area contributed by atoms with Crippen LogP contribution in [0.25, 0.3) is 5.69 Å². The predicted molar refractivity (Wildman–Crippen MR) is 175 cm³/mol. The van der Waals surface area contributed by atoms with Gasteiger partial charge in [-0.2, -0.15) is 0 Å². The van der Waals surface area contributed by atoms with Crippen LogP contribution in [0.15, 0.2) is 72.9 Å². The minimum atomic E-state index is -0.147. The Morgan fingerprint density at radius 3 is 2.29 bits per heavy atom. The van der Waals surface area contributed by atoms with Crippen molar-refractivity contribution in [1.82, 2.24) is 14.9 Å². The molecule has 1 N–H and O–H groups in total. The van der Waals surface area contributed by atoms with E-state index in [1.54, 1.807) is 0 Å². The topological polar surface area (TPSA) is 36.3 Å². The van der Waals surface area contributed by atoms with Gasteiger partial charge in [-0.05, 0) is 98.4 Å². The number of aromatic nitrogens is 2. The van der Waals surface area contributed by atoms with Crippen molar-refractivity contribution < 1.29 is 0 Å². The Balaban J connectivity index is 1.45. The van der Waals surface area contributed by atoms with Crippen LogP contribution in [0.5, 0.6) is 0 Å². The highest BCUT2D eigenvalue weighted by atomic mass is 35.5. The van der Waals surface area contributed by atoms with Crippen LogP contribution in [0.4, 0.5) is 11.4 Å². The van der Waals surface area contributed by atoms with E-state index >= 15 is 0 Å². The van der Waals surface area contributed by atoms with Crippen LogP contribution in [-0.2, 0) is 0 Å². The Morgan fingerprint density at radius 1 is 0.878 bits per heavy atom. The Kier molecular flexibility index (Phi) is 7.75. The van der Waals surface area contributed by atoms with E-state index < -0.39 is 0 Å². The Hall–Kier alpha value is -3.06. The lowest BCUT2D eigenvalue weighted by Gasteiger charge is -2.37. The van der Waals surface area contributed by atoms with Gasteiger partial charge in [-0.1, -0.05) is 55.2 Å². The predicted octanol–water partition coefficient (Wildman–Crippen LogP) is 8.46. The molecule has 6 rings (SSSR count). The quantitative estimate of drug-likeness (QED) is 0.231. The molecule has 41 heavy (non-hydrogen) atoms. The van der Waals surface area contributed by atoms with Gasteiger partial charge in [-0.3, -0.25) is 4.98 Å². The highest BCUT2D eigenvalue weighted by Crippen LogP contribution is 2.45. The third-order valence-corrected chi connectivity index (χ3v) is 9.34. The molecular weight excluding hydrogens is 569 g/mol. The molecule has 0 saturated carbocycles. The van der Waals surface area contributed by atoms with Crippen molar-refractivity contribution in [2.75, 3.05) is 22.9 Å². The fourth-order valence-corrected chi connectivity index (χ4v) is 7.66. The van der Waals surface area contributed by atoms with Crippen molar-refractivity contribution in [2.24, 2.45) is 11.8 Å². The standard InChI is InChI=1S/C33H35Cl2N5S/c1-20-15-21(2)19-38(18-20)29-13-12-24(17-27(29)35)40-32(31(37-33(40)41)28-10-7-8-14-36-28)25-16-22(3)39(23(25)4)30-11-6-5-9-26(30)34/h5-14,16-17,20-21,31-32H,15,18-19H2,1-4H3,(H,37,41)/t20-,21+,31-,32-/m1/s1. The number of piperidine rings is 1. The van der Waals surface area contributed by atoms with E-state index in [1.807, 2.05) is 36.5 Å². The number of anilines is 2. The number of halogens is 2. The van der Waals surface area contributed by atoms with E-state index in [4.69, 9.17) is 40.4 Å². The average Bonchev–Trinajstić information content (AvgIpc) is 3.43. The average molecular weight is 605 g/mol. The summed E-state index contributed by atoms with van der Waals surface area (Å²) in [6.07, 6.45) is 3.09. The highest BCUT2D eigenvalue weighted by molar-refractivity contribution is 7.80. The van der Waals surface area contributed by atoms with Crippen LogP contribution >= 0.6 is 35.4 Å². The fourth-order valence-electron chi connectivity index (χ4n) is 6.80. The number of para-hydroxylation sites is 1. The van der Waals surface area contributed by atoms with Crippen molar-refractivity contribution in [2.45, 2.75) is 46.2 Å². The van der Waals surface area contributed by atoms with Gasteiger partial charge in [-0.15, -0.1) is 0 Å². The van der Waals surface area contributed by atoms with Crippen LogP contribution in [0.3, 0.4) is 0 Å². The second-order valence-corrected chi connectivity index (χ2v) is 12.8. The van der Waals surface area contributed by atoms with Crippen molar-refractivity contribution in [3.63, 3.8) is 0 Å². The molecular formula is C33H35Cl2N5S. The molecule has 0 unspecified atom stereocenters. The number of hydrogen-bond donors (Lipinski definition) is 1. The number of aryl methyl sites for hydroxylation is 1. The lowest BCUT2D eigenvalue weighted by molar-refractivity contribution is 0.357. The minimum absolute atomic E-state index is 0.142. The summed E-state index contributed by atoms with van der Waals surface area (Å²) in [7, 11) is 0. The molecule has 212 valence electrons. The summed E-state index contributed by atoms with van der Waals surface area (Å²) in [6.45, 7) is 10.9. The van der Waals surface area contributed by atoms with Crippen LogP contribution in [0.1, 0.15) is 55.0 Å². The third kappa shape index (κ3) is 5.22. The number of hydrogen-bond acceptors (Lipinski definition) is 3. The van der Waals surface area contributed by atoms with Crippen LogP contribution in [0.2, 0.25) is 10.0 Å². The molecule has 2 aromatic heterocycles. The zero-order valence-corrected chi connectivity index (χ0v) is 26.1. The van der Waals surface area contributed by atoms with E-state index in [9.17, 15) is 0 Å². The van der Waals surface area contributed by atoms with Gasteiger partial charge in [0.15, 0.2) is 5.11 Å². The van der Waals surface area contributed by atoms with Gasteiger partial charge >= 0.3 is 0 Å². The third-order valence-electron chi connectivity index (χ3n) is 8.40. The molecule has 5 nitrogen and oxygen atoms in total. The summed E-state index contributed by atoms with van der Waals surface area (Å²) in [5.74, 6) is 1.28. The molecule has 4 aromatic rings. The van der Waals surface area contributed by atoms with Crippen LogP contribution < -0.4 is 15.1 Å². The Bertz CT molecular complexity index is 1580. The van der Waals surface area contributed by atoms with Crippen LogP contribution in [0, 0.1) is 25.7 Å². The van der Waals surface area contributed by atoms with Gasteiger partial charge in [-0.25, -0.2) is 0 Å². The Labute approximate surface area is 258 Å². The summed E-state index contributed by atoms with van der Waals surface area (Å²) in [5.41, 5.74) is 7.30. The normalized spacial score (nSPS) is 22.7.